The molecule has 1 N–H and O–H groups in total. The van der Waals surface area contributed by atoms with Crippen molar-refractivity contribution >= 4 is 5.78 Å². The van der Waals surface area contributed by atoms with Gasteiger partial charge in [-0.3, -0.25) is 4.79 Å². The van der Waals surface area contributed by atoms with Crippen molar-refractivity contribution in [3.63, 3.8) is 0 Å². The van der Waals surface area contributed by atoms with Gasteiger partial charge in [0.1, 0.15) is 0 Å². The second-order valence-corrected chi connectivity index (χ2v) is 4.60. The molecule has 0 aromatic carbocycles. The van der Waals surface area contributed by atoms with Crippen molar-refractivity contribution in [1.82, 2.24) is 5.32 Å². The van der Waals surface area contributed by atoms with Gasteiger partial charge in [0, 0.05) is 6.42 Å². The summed E-state index contributed by atoms with van der Waals surface area (Å²) < 4.78 is 0. The molecule has 0 bridgehead atoms. The van der Waals surface area contributed by atoms with Crippen molar-refractivity contribution in [2.75, 3.05) is 7.05 Å². The number of carbonyl (C=O) groups excluding carboxylic acids is 1. The molecule has 0 radical (unpaired) electrons. The van der Waals surface area contributed by atoms with Crippen LogP contribution in [0.4, 0.5) is 0 Å². The number of allylic oxidation sites excluding steroid dienone is 1. The fourth-order valence-electron chi connectivity index (χ4n) is 1.91. The van der Waals surface area contributed by atoms with Crippen LogP contribution < -0.4 is 5.32 Å². The highest BCUT2D eigenvalue weighted by Crippen LogP contribution is 2.17. The Balaban J connectivity index is 3.78. The first-order valence-corrected chi connectivity index (χ1v) is 6.43. The molecule has 0 aliphatic carbocycles. The number of unbranched alkanes of at least 4 members (excludes halogenated alkanes) is 4. The van der Waals surface area contributed by atoms with Crippen LogP contribution in [-0.4, -0.2) is 18.4 Å². The van der Waals surface area contributed by atoms with Gasteiger partial charge in [-0.1, -0.05) is 32.3 Å². The molecule has 0 spiro atoms. The van der Waals surface area contributed by atoms with E-state index in [1.807, 2.05) is 27.0 Å². The van der Waals surface area contributed by atoms with E-state index in [9.17, 15) is 4.79 Å². The molecule has 94 valence electrons. The van der Waals surface area contributed by atoms with Crippen molar-refractivity contribution in [3.05, 3.63) is 12.7 Å². The normalized spacial score (nSPS) is 14.4. The minimum Gasteiger partial charge on any atom is -0.308 e. The van der Waals surface area contributed by atoms with E-state index in [1.165, 1.54) is 19.3 Å². The van der Waals surface area contributed by atoms with Crippen molar-refractivity contribution in [1.29, 1.82) is 0 Å². The van der Waals surface area contributed by atoms with Gasteiger partial charge in [-0.2, -0.15) is 0 Å². The van der Waals surface area contributed by atoms with Gasteiger partial charge in [0.15, 0.2) is 5.78 Å². The Bertz CT molecular complexity index is 213. The number of Topliss-reactive ketones (excluding diaryl/α,β-unsaturated/α-hetero) is 1. The smallest absolute Gasteiger partial charge is 0.152 e. The van der Waals surface area contributed by atoms with Crippen LogP contribution in [-0.2, 0) is 4.79 Å². The number of carbonyl (C=O) groups is 1. The molecule has 0 heterocycles. The van der Waals surface area contributed by atoms with Crippen LogP contribution in [0, 0.1) is 0 Å². The molecule has 0 aliphatic rings. The van der Waals surface area contributed by atoms with Crippen LogP contribution in [0.5, 0.6) is 0 Å². The fraction of sp³-hybridized carbons (Fsp3) is 0.786. The molecule has 0 fully saturated rings. The third kappa shape index (κ3) is 5.45. The Hall–Kier alpha value is -0.630. The van der Waals surface area contributed by atoms with Crippen LogP contribution in [0.1, 0.15) is 58.8 Å². The molecule has 0 saturated heterocycles. The number of nitrogens with one attached hydrogen (secondary N) is 1. The Morgan fingerprint density at radius 3 is 2.44 bits per heavy atom. The summed E-state index contributed by atoms with van der Waals surface area (Å²) in [5.74, 6) is 0.320. The van der Waals surface area contributed by atoms with Crippen molar-refractivity contribution in [2.45, 2.75) is 64.3 Å². The van der Waals surface area contributed by atoms with Gasteiger partial charge in [0.25, 0.3) is 0 Å². The van der Waals surface area contributed by atoms with E-state index in [0.29, 0.717) is 12.2 Å². The summed E-state index contributed by atoms with van der Waals surface area (Å²) in [7, 11) is 1.88. The van der Waals surface area contributed by atoms with Crippen LogP contribution in [0.2, 0.25) is 0 Å². The summed E-state index contributed by atoms with van der Waals surface area (Å²) in [6.07, 6.45) is 9.45. The lowest BCUT2D eigenvalue weighted by atomic mass is 9.88. The molecule has 0 rings (SSSR count). The Morgan fingerprint density at radius 1 is 1.31 bits per heavy atom. The SMILES string of the molecule is C=CCCCCCCC(C)(NC)C(=O)CC. The molecular weight excluding hydrogens is 198 g/mol. The molecule has 2 heteroatoms. The monoisotopic (exact) mass is 225 g/mol. The molecule has 0 amide bonds. The first kappa shape index (κ1) is 15.4. The molecule has 2 nitrogen and oxygen atoms in total. The molecule has 0 aromatic heterocycles. The Morgan fingerprint density at radius 2 is 1.94 bits per heavy atom. The molecule has 16 heavy (non-hydrogen) atoms. The zero-order valence-electron chi connectivity index (χ0n) is 11.1. The predicted octanol–water partition coefficient (Wildman–Crippen LogP) is 3.47. The number of hydrogen-bond acceptors (Lipinski definition) is 2. The van der Waals surface area contributed by atoms with E-state index < -0.39 is 0 Å². The van der Waals surface area contributed by atoms with E-state index >= 15 is 0 Å². The maximum atomic E-state index is 11.8. The van der Waals surface area contributed by atoms with Gasteiger partial charge in [-0.15, -0.1) is 6.58 Å². The summed E-state index contributed by atoms with van der Waals surface area (Å²) in [6.45, 7) is 7.66. The zero-order chi connectivity index (χ0) is 12.4. The van der Waals surface area contributed by atoms with Gasteiger partial charge in [-0.25, -0.2) is 0 Å². The Kier molecular flexibility index (Phi) is 8.18. The first-order chi connectivity index (χ1) is 7.60. The van der Waals surface area contributed by atoms with Gasteiger partial charge in [0.05, 0.1) is 5.54 Å². The van der Waals surface area contributed by atoms with Gasteiger partial charge < -0.3 is 5.32 Å². The van der Waals surface area contributed by atoms with E-state index in [0.717, 1.165) is 19.3 Å². The molecule has 0 aromatic rings. The molecule has 0 saturated carbocycles. The van der Waals surface area contributed by atoms with Gasteiger partial charge in [0.2, 0.25) is 0 Å². The summed E-state index contributed by atoms with van der Waals surface area (Å²) in [5.41, 5.74) is -0.312. The number of hydrogen-bond donors (Lipinski definition) is 1. The topological polar surface area (TPSA) is 29.1 Å². The standard InChI is InChI=1S/C14H27NO/c1-5-7-8-9-10-11-12-14(3,15-4)13(16)6-2/h5,15H,1,6-12H2,2-4H3. The average molecular weight is 225 g/mol. The van der Waals surface area contributed by atoms with Crippen molar-refractivity contribution < 1.29 is 4.79 Å². The van der Waals surface area contributed by atoms with E-state index in [1.54, 1.807) is 0 Å². The highest BCUT2D eigenvalue weighted by atomic mass is 16.1. The molecule has 0 aliphatic heterocycles. The van der Waals surface area contributed by atoms with Crippen LogP contribution in [0.25, 0.3) is 0 Å². The lowest BCUT2D eigenvalue weighted by molar-refractivity contribution is -0.124. The van der Waals surface area contributed by atoms with E-state index in [-0.39, 0.29) is 5.54 Å². The van der Waals surface area contributed by atoms with Crippen LogP contribution in [0.15, 0.2) is 12.7 Å². The predicted molar refractivity (Wildman–Crippen MR) is 70.7 cm³/mol. The third-order valence-corrected chi connectivity index (χ3v) is 3.32. The number of rotatable bonds is 10. The summed E-state index contributed by atoms with van der Waals surface area (Å²) in [5, 5.41) is 3.17. The van der Waals surface area contributed by atoms with Crippen LogP contribution >= 0.6 is 0 Å². The molecule has 1 unspecified atom stereocenters. The minimum atomic E-state index is -0.312. The quantitative estimate of drug-likeness (QED) is 0.455. The summed E-state index contributed by atoms with van der Waals surface area (Å²) >= 11 is 0. The number of ketones is 1. The third-order valence-electron chi connectivity index (χ3n) is 3.32. The lowest BCUT2D eigenvalue weighted by Gasteiger charge is -2.27. The van der Waals surface area contributed by atoms with Crippen LogP contribution in [0.3, 0.4) is 0 Å². The van der Waals surface area contributed by atoms with E-state index in [4.69, 9.17) is 0 Å². The van der Waals surface area contributed by atoms with Gasteiger partial charge in [-0.05, 0) is 33.2 Å². The summed E-state index contributed by atoms with van der Waals surface area (Å²) in [4.78, 5) is 11.8. The second kappa shape index (κ2) is 8.51. The lowest BCUT2D eigenvalue weighted by Crippen LogP contribution is -2.47. The zero-order valence-corrected chi connectivity index (χ0v) is 11.1. The molecule has 1 atom stereocenters. The first-order valence-electron chi connectivity index (χ1n) is 6.43. The maximum absolute atomic E-state index is 11.8. The Labute approximate surface area is 101 Å². The molecular formula is C14H27NO. The fourth-order valence-corrected chi connectivity index (χ4v) is 1.91. The second-order valence-electron chi connectivity index (χ2n) is 4.60. The van der Waals surface area contributed by atoms with Crippen molar-refractivity contribution in [3.8, 4) is 0 Å². The average Bonchev–Trinajstić information content (AvgIpc) is 2.32. The van der Waals surface area contributed by atoms with E-state index in [2.05, 4.69) is 11.9 Å². The highest BCUT2D eigenvalue weighted by Gasteiger charge is 2.28. The maximum Gasteiger partial charge on any atom is 0.152 e. The minimum absolute atomic E-state index is 0.312. The van der Waals surface area contributed by atoms with Crippen molar-refractivity contribution in [2.24, 2.45) is 0 Å². The largest absolute Gasteiger partial charge is 0.308 e. The summed E-state index contributed by atoms with van der Waals surface area (Å²) in [6, 6.07) is 0. The van der Waals surface area contributed by atoms with Gasteiger partial charge >= 0.3 is 0 Å². The highest BCUT2D eigenvalue weighted by molar-refractivity contribution is 5.87. The number of likely N-dealkylation sites (N-methyl/N-ethyl adjacent to an activating group) is 1.